The molecule has 0 bridgehead atoms. The van der Waals surface area contributed by atoms with Crippen LogP contribution < -0.4 is 15.4 Å². The molecule has 1 heterocycles. The van der Waals surface area contributed by atoms with Gasteiger partial charge in [0.05, 0.1) is 20.2 Å². The van der Waals surface area contributed by atoms with Gasteiger partial charge in [0.25, 0.3) is 0 Å². The molecule has 0 amide bonds. The summed E-state index contributed by atoms with van der Waals surface area (Å²) in [6.45, 7) is 4.30. The Balaban J connectivity index is 0.00000264. The summed E-state index contributed by atoms with van der Waals surface area (Å²) in [7, 11) is 1.67. The van der Waals surface area contributed by atoms with Crippen LogP contribution in [0.5, 0.6) is 5.75 Å². The minimum Gasteiger partial charge on any atom is -0.497 e. The topological polar surface area (TPSA) is 45.7 Å². The summed E-state index contributed by atoms with van der Waals surface area (Å²) in [5, 5.41) is 8.69. The van der Waals surface area contributed by atoms with Crippen molar-refractivity contribution in [2.75, 3.05) is 13.7 Å². The number of hydrogen-bond donors (Lipinski definition) is 2. The van der Waals surface area contributed by atoms with Gasteiger partial charge in [0.15, 0.2) is 5.96 Å². The van der Waals surface area contributed by atoms with Crippen LogP contribution in [-0.2, 0) is 13.1 Å². The number of guanidine groups is 1. The number of nitrogens with zero attached hydrogens (tertiary/aromatic N) is 1. The van der Waals surface area contributed by atoms with Crippen molar-refractivity contribution >= 4 is 57.2 Å². The zero-order valence-corrected chi connectivity index (χ0v) is 17.9. The molecule has 7 heteroatoms. The Kier molecular flexibility index (Phi) is 9.57. The number of nitrogens with one attached hydrogen (secondary N) is 2. The van der Waals surface area contributed by atoms with E-state index in [0.29, 0.717) is 6.54 Å². The van der Waals surface area contributed by atoms with Crippen molar-refractivity contribution in [1.82, 2.24) is 10.6 Å². The first-order valence-corrected chi connectivity index (χ1v) is 8.76. The van der Waals surface area contributed by atoms with E-state index in [1.54, 1.807) is 18.4 Å². The molecule has 0 unspecified atom stereocenters. The molecule has 4 nitrogen and oxygen atoms in total. The fraction of sp³-hybridized carbons (Fsp3) is 0.312. The highest BCUT2D eigenvalue weighted by Gasteiger charge is 2.01. The summed E-state index contributed by atoms with van der Waals surface area (Å²) in [5.74, 6) is 1.68. The van der Waals surface area contributed by atoms with Gasteiger partial charge in [0.1, 0.15) is 5.75 Å². The highest BCUT2D eigenvalue weighted by atomic mass is 127. The molecule has 0 aliphatic heterocycles. The minimum absolute atomic E-state index is 0. The molecule has 0 atom stereocenters. The van der Waals surface area contributed by atoms with E-state index in [-0.39, 0.29) is 24.0 Å². The molecule has 126 valence electrons. The lowest BCUT2D eigenvalue weighted by molar-refractivity contribution is 0.414. The van der Waals surface area contributed by atoms with Crippen molar-refractivity contribution in [3.8, 4) is 5.75 Å². The molecule has 2 N–H and O–H groups in total. The number of halogens is 2. The number of aliphatic imine (C=N–C) groups is 1. The first-order valence-electron chi connectivity index (χ1n) is 7.09. The Morgan fingerprint density at radius 2 is 2.00 bits per heavy atom. The number of thiophene rings is 1. The second-order valence-electron chi connectivity index (χ2n) is 4.63. The van der Waals surface area contributed by atoms with Gasteiger partial charge in [-0.3, -0.25) is 0 Å². The van der Waals surface area contributed by atoms with E-state index in [1.165, 1.54) is 4.88 Å². The molecule has 0 fully saturated rings. The number of benzene rings is 1. The standard InChI is InChI=1S/C16H20BrN3OS.HI/c1-3-18-16(20-10-15-8-13(17)11-22-15)19-9-12-4-6-14(21-2)7-5-12;/h4-8,11H,3,9-10H2,1-2H3,(H2,18,19,20);1H. The lowest BCUT2D eigenvalue weighted by Crippen LogP contribution is -2.36. The zero-order valence-electron chi connectivity index (χ0n) is 13.1. The highest BCUT2D eigenvalue weighted by Crippen LogP contribution is 2.19. The van der Waals surface area contributed by atoms with Crippen LogP contribution in [0.25, 0.3) is 0 Å². The fourth-order valence-electron chi connectivity index (χ4n) is 1.86. The van der Waals surface area contributed by atoms with Gasteiger partial charge in [-0.25, -0.2) is 4.99 Å². The first kappa shape index (κ1) is 20.2. The van der Waals surface area contributed by atoms with Crippen LogP contribution in [0, 0.1) is 0 Å². The smallest absolute Gasteiger partial charge is 0.191 e. The largest absolute Gasteiger partial charge is 0.497 e. The fourth-order valence-corrected chi connectivity index (χ4v) is 3.25. The van der Waals surface area contributed by atoms with Crippen LogP contribution >= 0.6 is 51.2 Å². The molecule has 1 aromatic heterocycles. The molecule has 0 saturated carbocycles. The molecular weight excluding hydrogens is 489 g/mol. The monoisotopic (exact) mass is 509 g/mol. The van der Waals surface area contributed by atoms with Crippen molar-refractivity contribution in [3.63, 3.8) is 0 Å². The average molecular weight is 510 g/mol. The van der Waals surface area contributed by atoms with Crippen molar-refractivity contribution in [1.29, 1.82) is 0 Å². The van der Waals surface area contributed by atoms with Gasteiger partial charge in [-0.15, -0.1) is 35.3 Å². The van der Waals surface area contributed by atoms with Gasteiger partial charge >= 0.3 is 0 Å². The van der Waals surface area contributed by atoms with Gasteiger partial charge in [0, 0.05) is 21.3 Å². The summed E-state index contributed by atoms with van der Waals surface area (Å²) in [6, 6.07) is 10.1. The van der Waals surface area contributed by atoms with E-state index in [4.69, 9.17) is 4.74 Å². The van der Waals surface area contributed by atoms with E-state index in [9.17, 15) is 0 Å². The van der Waals surface area contributed by atoms with E-state index >= 15 is 0 Å². The van der Waals surface area contributed by atoms with Crippen molar-refractivity contribution < 1.29 is 4.74 Å². The van der Waals surface area contributed by atoms with E-state index in [1.807, 2.05) is 24.3 Å². The second-order valence-corrected chi connectivity index (χ2v) is 6.54. The highest BCUT2D eigenvalue weighted by molar-refractivity contribution is 14.0. The van der Waals surface area contributed by atoms with E-state index in [0.717, 1.165) is 34.8 Å². The van der Waals surface area contributed by atoms with Gasteiger partial charge in [-0.05, 0) is 46.6 Å². The van der Waals surface area contributed by atoms with E-state index in [2.05, 4.69) is 49.9 Å². The molecular formula is C16H21BrIN3OS. The minimum atomic E-state index is 0. The zero-order chi connectivity index (χ0) is 15.8. The number of ether oxygens (including phenoxy) is 1. The van der Waals surface area contributed by atoms with Crippen LogP contribution in [0.3, 0.4) is 0 Å². The Hall–Kier alpha value is -0.800. The predicted molar refractivity (Wildman–Crippen MR) is 112 cm³/mol. The molecule has 1 aromatic carbocycles. The van der Waals surface area contributed by atoms with Gasteiger partial charge in [-0.2, -0.15) is 0 Å². The average Bonchev–Trinajstić information content (AvgIpc) is 2.96. The maximum Gasteiger partial charge on any atom is 0.191 e. The van der Waals surface area contributed by atoms with Gasteiger partial charge < -0.3 is 15.4 Å². The SMILES string of the molecule is CCNC(=NCc1ccc(OC)cc1)NCc1cc(Br)cs1.I. The quantitative estimate of drug-likeness (QED) is 0.345. The van der Waals surface area contributed by atoms with Crippen molar-refractivity contribution in [2.45, 2.75) is 20.0 Å². The maximum atomic E-state index is 5.16. The summed E-state index contributed by atoms with van der Waals surface area (Å²) in [5.41, 5.74) is 1.15. The lowest BCUT2D eigenvalue weighted by atomic mass is 10.2. The van der Waals surface area contributed by atoms with Gasteiger partial charge in [0.2, 0.25) is 0 Å². The van der Waals surface area contributed by atoms with Crippen LogP contribution in [0.1, 0.15) is 17.4 Å². The van der Waals surface area contributed by atoms with Crippen molar-refractivity contribution in [3.05, 3.63) is 50.6 Å². The number of hydrogen-bond acceptors (Lipinski definition) is 3. The molecule has 0 radical (unpaired) electrons. The second kappa shape index (κ2) is 10.9. The Labute approximate surface area is 166 Å². The van der Waals surface area contributed by atoms with Crippen LogP contribution in [-0.4, -0.2) is 19.6 Å². The third-order valence-corrected chi connectivity index (χ3v) is 4.67. The summed E-state index contributed by atoms with van der Waals surface area (Å²) in [4.78, 5) is 5.87. The predicted octanol–water partition coefficient (Wildman–Crippen LogP) is 4.39. The van der Waals surface area contributed by atoms with Crippen LogP contribution in [0.4, 0.5) is 0 Å². The third-order valence-electron chi connectivity index (χ3n) is 2.97. The molecule has 0 aliphatic carbocycles. The Morgan fingerprint density at radius 3 is 2.57 bits per heavy atom. The lowest BCUT2D eigenvalue weighted by Gasteiger charge is -2.10. The maximum absolute atomic E-state index is 5.16. The Bertz CT molecular complexity index is 616. The molecule has 0 aliphatic rings. The number of rotatable bonds is 6. The molecule has 2 aromatic rings. The summed E-state index contributed by atoms with van der Waals surface area (Å²) >= 11 is 5.19. The third kappa shape index (κ3) is 7.09. The first-order chi connectivity index (χ1) is 10.7. The van der Waals surface area contributed by atoms with Gasteiger partial charge in [-0.1, -0.05) is 12.1 Å². The number of methoxy groups -OCH3 is 1. The Morgan fingerprint density at radius 1 is 1.26 bits per heavy atom. The summed E-state index contributed by atoms with van der Waals surface area (Å²) < 4.78 is 6.28. The molecule has 0 spiro atoms. The molecule has 23 heavy (non-hydrogen) atoms. The molecule has 0 saturated heterocycles. The van der Waals surface area contributed by atoms with Crippen molar-refractivity contribution in [2.24, 2.45) is 4.99 Å². The summed E-state index contributed by atoms with van der Waals surface area (Å²) in [6.07, 6.45) is 0. The van der Waals surface area contributed by atoms with Crippen LogP contribution in [0.15, 0.2) is 45.2 Å². The van der Waals surface area contributed by atoms with Crippen LogP contribution in [0.2, 0.25) is 0 Å². The normalized spacial score (nSPS) is 10.8. The van der Waals surface area contributed by atoms with E-state index < -0.39 is 0 Å². The molecule has 2 rings (SSSR count).